The van der Waals surface area contributed by atoms with Crippen molar-refractivity contribution in [2.45, 2.75) is 12.1 Å². The van der Waals surface area contributed by atoms with E-state index in [1.807, 2.05) is 0 Å². The van der Waals surface area contributed by atoms with Gasteiger partial charge >= 0.3 is 5.92 Å². The van der Waals surface area contributed by atoms with Crippen molar-refractivity contribution in [2.24, 2.45) is 0 Å². The number of rotatable bonds is 3. The van der Waals surface area contributed by atoms with E-state index in [2.05, 4.69) is 0 Å². The number of alkyl halides is 4. The maximum atomic E-state index is 11.7. The average molecular weight is 146 g/mol. The van der Waals surface area contributed by atoms with Gasteiger partial charge in [-0.2, -0.15) is 0 Å². The molecule has 56 valence electrons. The smallest absolute Gasteiger partial charge is 0.308 e. The highest BCUT2D eigenvalue weighted by atomic mass is 19.3. The summed E-state index contributed by atoms with van der Waals surface area (Å²) < 4.78 is 46.1. The van der Waals surface area contributed by atoms with Crippen molar-refractivity contribution in [2.75, 3.05) is 13.3 Å². The van der Waals surface area contributed by atoms with E-state index in [0.29, 0.717) is 0 Å². The molecule has 1 atom stereocenters. The quantitative estimate of drug-likeness (QED) is 0.587. The molecule has 0 aromatic heterocycles. The van der Waals surface area contributed by atoms with Gasteiger partial charge in [0.15, 0.2) is 12.8 Å². The van der Waals surface area contributed by atoms with Crippen LogP contribution in [0.25, 0.3) is 0 Å². The second kappa shape index (κ2) is 3.00. The fraction of sp³-hybridized carbons (Fsp3) is 1.00. The number of aliphatic hydroxyl groups is 1. The molecule has 1 unspecified atom stereocenters. The minimum Gasteiger partial charge on any atom is -0.393 e. The van der Waals surface area contributed by atoms with Gasteiger partial charge < -0.3 is 5.11 Å². The predicted molar refractivity (Wildman–Crippen MR) is 22.9 cm³/mol. The third-order valence-corrected chi connectivity index (χ3v) is 0.797. The first-order valence-corrected chi connectivity index (χ1v) is 2.23. The second-order valence-corrected chi connectivity index (χ2v) is 1.54. The molecule has 0 heterocycles. The Bertz CT molecular complexity index is 84.6. The summed E-state index contributed by atoms with van der Waals surface area (Å²) in [5, 5.41) is 7.78. The van der Waals surface area contributed by atoms with Gasteiger partial charge in [0.2, 0.25) is 0 Å². The van der Waals surface area contributed by atoms with E-state index in [9.17, 15) is 17.6 Å². The van der Waals surface area contributed by atoms with E-state index in [1.165, 1.54) is 0 Å². The molecule has 5 heteroatoms. The van der Waals surface area contributed by atoms with Gasteiger partial charge in [-0.25, -0.2) is 17.6 Å². The maximum Gasteiger partial charge on any atom is 0.308 e. The Morgan fingerprint density at radius 1 is 1.44 bits per heavy atom. The van der Waals surface area contributed by atoms with Gasteiger partial charge in [0.25, 0.3) is 0 Å². The van der Waals surface area contributed by atoms with Gasteiger partial charge in [-0.15, -0.1) is 0 Å². The summed E-state index contributed by atoms with van der Waals surface area (Å²) >= 11 is 0. The molecule has 0 aromatic rings. The molecule has 0 fully saturated rings. The summed E-state index contributed by atoms with van der Waals surface area (Å²) in [7, 11) is 0. The minimum absolute atomic E-state index is 1.35. The standard InChI is InChI=1S/C4H6F4O/c5-2-4(7,8)3(6)1-9/h3,9H,1-2H2. The molecule has 0 spiro atoms. The summed E-state index contributed by atoms with van der Waals surface area (Å²) in [6.07, 6.45) is -2.79. The van der Waals surface area contributed by atoms with E-state index in [-0.39, 0.29) is 0 Å². The van der Waals surface area contributed by atoms with E-state index in [0.717, 1.165) is 0 Å². The van der Waals surface area contributed by atoms with Crippen molar-refractivity contribution in [3.63, 3.8) is 0 Å². The van der Waals surface area contributed by atoms with Crippen LogP contribution in [0, 0.1) is 0 Å². The zero-order valence-corrected chi connectivity index (χ0v) is 4.45. The Labute approximate surface area is 49.3 Å². The van der Waals surface area contributed by atoms with Crippen LogP contribution in [-0.4, -0.2) is 30.5 Å². The molecule has 0 radical (unpaired) electrons. The Hall–Kier alpha value is -0.320. The fourth-order valence-electron chi connectivity index (χ4n) is 0.217. The molecular weight excluding hydrogens is 140 g/mol. The molecule has 1 nitrogen and oxygen atoms in total. The molecule has 0 aliphatic heterocycles. The van der Waals surface area contributed by atoms with Crippen LogP contribution in [0.1, 0.15) is 0 Å². The first-order chi connectivity index (χ1) is 4.04. The van der Waals surface area contributed by atoms with Crippen molar-refractivity contribution in [1.82, 2.24) is 0 Å². The van der Waals surface area contributed by atoms with Crippen LogP contribution in [-0.2, 0) is 0 Å². The number of aliphatic hydroxyl groups excluding tert-OH is 1. The fourth-order valence-corrected chi connectivity index (χ4v) is 0.217. The Balaban J connectivity index is 3.80. The zero-order chi connectivity index (χ0) is 7.49. The van der Waals surface area contributed by atoms with E-state index in [4.69, 9.17) is 5.11 Å². The lowest BCUT2D eigenvalue weighted by molar-refractivity contribution is -0.102. The number of hydrogen-bond acceptors (Lipinski definition) is 1. The van der Waals surface area contributed by atoms with Crippen LogP contribution in [0.15, 0.2) is 0 Å². The molecule has 0 saturated carbocycles. The van der Waals surface area contributed by atoms with Crippen LogP contribution >= 0.6 is 0 Å². The summed E-state index contributed by atoms with van der Waals surface area (Å²) in [6.45, 7) is -3.42. The molecule has 0 bridgehead atoms. The molecular formula is C4H6F4O. The van der Waals surface area contributed by atoms with Crippen LogP contribution in [0.3, 0.4) is 0 Å². The van der Waals surface area contributed by atoms with E-state index in [1.54, 1.807) is 0 Å². The van der Waals surface area contributed by atoms with Crippen molar-refractivity contribution in [1.29, 1.82) is 0 Å². The van der Waals surface area contributed by atoms with Gasteiger partial charge in [0.05, 0.1) is 6.61 Å². The van der Waals surface area contributed by atoms with Gasteiger partial charge in [-0.3, -0.25) is 0 Å². The highest BCUT2D eigenvalue weighted by Gasteiger charge is 2.39. The second-order valence-electron chi connectivity index (χ2n) is 1.54. The number of hydrogen-bond donors (Lipinski definition) is 1. The lowest BCUT2D eigenvalue weighted by Crippen LogP contribution is -2.34. The first-order valence-electron chi connectivity index (χ1n) is 2.23. The van der Waals surface area contributed by atoms with Crippen LogP contribution in [0.2, 0.25) is 0 Å². The lowest BCUT2D eigenvalue weighted by Gasteiger charge is -2.13. The minimum atomic E-state index is -4.03. The summed E-state index contributed by atoms with van der Waals surface area (Å²) in [6, 6.07) is 0. The molecule has 0 aliphatic rings. The maximum absolute atomic E-state index is 11.7. The number of halogens is 4. The SMILES string of the molecule is OCC(F)C(F)(F)CF. The Morgan fingerprint density at radius 2 is 1.89 bits per heavy atom. The van der Waals surface area contributed by atoms with Crippen molar-refractivity contribution < 1.29 is 22.7 Å². The largest absolute Gasteiger partial charge is 0.393 e. The van der Waals surface area contributed by atoms with Gasteiger partial charge in [0, 0.05) is 0 Å². The summed E-state index contributed by atoms with van der Waals surface area (Å²) in [5.74, 6) is -4.03. The van der Waals surface area contributed by atoms with Gasteiger partial charge in [-0.1, -0.05) is 0 Å². The van der Waals surface area contributed by atoms with Gasteiger partial charge in [0.1, 0.15) is 0 Å². The third-order valence-electron chi connectivity index (χ3n) is 0.797. The van der Waals surface area contributed by atoms with Crippen molar-refractivity contribution in [3.8, 4) is 0 Å². The van der Waals surface area contributed by atoms with Crippen LogP contribution < -0.4 is 0 Å². The topological polar surface area (TPSA) is 20.2 Å². The molecule has 0 aromatic carbocycles. The molecule has 9 heavy (non-hydrogen) atoms. The Kier molecular flexibility index (Phi) is 2.90. The van der Waals surface area contributed by atoms with E-state index < -0.39 is 25.4 Å². The summed E-state index contributed by atoms with van der Waals surface area (Å²) in [5.41, 5.74) is 0. The highest BCUT2D eigenvalue weighted by Crippen LogP contribution is 2.21. The molecule has 0 rings (SSSR count). The van der Waals surface area contributed by atoms with Crippen molar-refractivity contribution in [3.05, 3.63) is 0 Å². The normalized spacial score (nSPS) is 15.7. The average Bonchev–Trinajstić information content (AvgIpc) is 1.86. The molecule has 0 amide bonds. The first kappa shape index (κ1) is 8.68. The van der Waals surface area contributed by atoms with E-state index >= 15 is 0 Å². The van der Waals surface area contributed by atoms with Crippen LogP contribution in [0.4, 0.5) is 17.6 Å². The van der Waals surface area contributed by atoms with Gasteiger partial charge in [-0.05, 0) is 0 Å². The highest BCUT2D eigenvalue weighted by molar-refractivity contribution is 4.74. The molecule has 0 aliphatic carbocycles. The molecule has 0 saturated heterocycles. The van der Waals surface area contributed by atoms with Crippen LogP contribution in [0.5, 0.6) is 0 Å². The monoisotopic (exact) mass is 146 g/mol. The summed E-state index contributed by atoms with van der Waals surface area (Å²) in [4.78, 5) is 0. The zero-order valence-electron chi connectivity index (χ0n) is 4.45. The predicted octanol–water partition coefficient (Wildman–Crippen LogP) is 0.922. The van der Waals surface area contributed by atoms with Crippen molar-refractivity contribution >= 4 is 0 Å². The Morgan fingerprint density at radius 3 is 2.00 bits per heavy atom. The molecule has 1 N–H and O–H groups in total. The lowest BCUT2D eigenvalue weighted by atomic mass is 10.2. The third kappa shape index (κ3) is 2.17.